The van der Waals surface area contributed by atoms with Crippen LogP contribution >= 0.6 is 11.6 Å². The lowest BCUT2D eigenvalue weighted by atomic mass is 10.1. The van der Waals surface area contributed by atoms with Crippen LogP contribution in [0.4, 0.5) is 11.4 Å². The van der Waals surface area contributed by atoms with Gasteiger partial charge in [0.2, 0.25) is 0 Å². The average molecular weight is 269 g/mol. The lowest BCUT2D eigenvalue weighted by Crippen LogP contribution is -2.28. The Morgan fingerprint density at radius 2 is 2.28 bits per heavy atom. The quantitative estimate of drug-likeness (QED) is 0.662. The number of rotatable bonds is 2. The molecule has 1 unspecified atom stereocenters. The Hall–Kier alpha value is -1.42. The molecule has 1 atom stereocenters. The number of ether oxygens (including phenoxy) is 1. The SMILES string of the molecule is COC(=O)c1cc(N)cc(Cl)c1N1CCCC1C. The monoisotopic (exact) mass is 268 g/mol. The van der Waals surface area contributed by atoms with Gasteiger partial charge in [-0.2, -0.15) is 0 Å². The van der Waals surface area contributed by atoms with Gasteiger partial charge in [-0.15, -0.1) is 0 Å². The Morgan fingerprint density at radius 3 is 2.83 bits per heavy atom. The van der Waals surface area contributed by atoms with Crippen molar-refractivity contribution < 1.29 is 9.53 Å². The van der Waals surface area contributed by atoms with Gasteiger partial charge < -0.3 is 15.4 Å². The van der Waals surface area contributed by atoms with Gasteiger partial charge in [0.1, 0.15) is 0 Å². The number of anilines is 2. The van der Waals surface area contributed by atoms with E-state index in [1.165, 1.54) is 7.11 Å². The van der Waals surface area contributed by atoms with E-state index in [2.05, 4.69) is 11.8 Å². The van der Waals surface area contributed by atoms with Crippen LogP contribution in [0.15, 0.2) is 12.1 Å². The summed E-state index contributed by atoms with van der Waals surface area (Å²) in [6.45, 7) is 3.02. The molecular formula is C13H17ClN2O2. The van der Waals surface area contributed by atoms with Gasteiger partial charge in [-0.05, 0) is 31.9 Å². The molecule has 1 aliphatic heterocycles. The van der Waals surface area contributed by atoms with Gasteiger partial charge in [0.15, 0.2) is 0 Å². The number of hydrogen-bond acceptors (Lipinski definition) is 4. The molecule has 0 aliphatic carbocycles. The van der Waals surface area contributed by atoms with Crippen LogP contribution in [0.25, 0.3) is 0 Å². The topological polar surface area (TPSA) is 55.6 Å². The first-order valence-corrected chi connectivity index (χ1v) is 6.36. The van der Waals surface area contributed by atoms with Crippen LogP contribution in [0.3, 0.4) is 0 Å². The van der Waals surface area contributed by atoms with Gasteiger partial charge in [-0.3, -0.25) is 0 Å². The lowest BCUT2D eigenvalue weighted by Gasteiger charge is -2.27. The maximum atomic E-state index is 11.8. The fourth-order valence-corrected chi connectivity index (χ4v) is 2.78. The maximum Gasteiger partial charge on any atom is 0.340 e. The zero-order valence-corrected chi connectivity index (χ0v) is 11.3. The predicted molar refractivity (Wildman–Crippen MR) is 73.2 cm³/mol. The summed E-state index contributed by atoms with van der Waals surface area (Å²) in [5, 5.41) is 0.504. The molecule has 98 valence electrons. The molecule has 1 fully saturated rings. The zero-order valence-electron chi connectivity index (χ0n) is 10.6. The highest BCUT2D eigenvalue weighted by atomic mass is 35.5. The third-order valence-electron chi connectivity index (χ3n) is 3.33. The van der Waals surface area contributed by atoms with Crippen molar-refractivity contribution in [1.82, 2.24) is 0 Å². The average Bonchev–Trinajstić information content (AvgIpc) is 2.73. The largest absolute Gasteiger partial charge is 0.465 e. The molecule has 1 aromatic carbocycles. The zero-order chi connectivity index (χ0) is 13.3. The van der Waals surface area contributed by atoms with Crippen molar-refractivity contribution in [2.24, 2.45) is 0 Å². The molecule has 1 aromatic rings. The summed E-state index contributed by atoms with van der Waals surface area (Å²) in [5.74, 6) is -0.404. The summed E-state index contributed by atoms with van der Waals surface area (Å²) >= 11 is 6.25. The van der Waals surface area contributed by atoms with Crippen molar-refractivity contribution in [3.8, 4) is 0 Å². The van der Waals surface area contributed by atoms with E-state index in [9.17, 15) is 4.79 Å². The Morgan fingerprint density at radius 1 is 1.56 bits per heavy atom. The van der Waals surface area contributed by atoms with E-state index in [0.29, 0.717) is 22.3 Å². The number of nitrogens with two attached hydrogens (primary N) is 1. The molecular weight excluding hydrogens is 252 g/mol. The maximum absolute atomic E-state index is 11.8. The standard InChI is InChI=1S/C13H17ClN2O2/c1-8-4-3-5-16(8)12-10(13(17)18-2)6-9(15)7-11(12)14/h6-8H,3-5,15H2,1-2H3. The number of esters is 1. The van der Waals surface area contributed by atoms with Crippen LogP contribution < -0.4 is 10.6 Å². The summed E-state index contributed by atoms with van der Waals surface area (Å²) in [4.78, 5) is 14.0. The predicted octanol–water partition coefficient (Wildman–Crippen LogP) is 2.70. The van der Waals surface area contributed by atoms with Crippen molar-refractivity contribution in [1.29, 1.82) is 0 Å². The van der Waals surface area contributed by atoms with Gasteiger partial charge in [-0.25, -0.2) is 4.79 Å². The first-order chi connectivity index (χ1) is 8.54. The molecule has 0 bridgehead atoms. The van der Waals surface area contributed by atoms with Crippen molar-refractivity contribution in [3.63, 3.8) is 0 Å². The van der Waals surface area contributed by atoms with Crippen molar-refractivity contribution in [2.75, 3.05) is 24.3 Å². The molecule has 2 N–H and O–H groups in total. The molecule has 0 saturated carbocycles. The number of benzene rings is 1. The van der Waals surface area contributed by atoms with E-state index in [1.807, 2.05) is 0 Å². The van der Waals surface area contributed by atoms with Crippen molar-refractivity contribution in [3.05, 3.63) is 22.7 Å². The van der Waals surface area contributed by atoms with E-state index >= 15 is 0 Å². The number of methoxy groups -OCH3 is 1. The van der Waals surface area contributed by atoms with Crippen molar-refractivity contribution >= 4 is 28.9 Å². The highest BCUT2D eigenvalue weighted by molar-refractivity contribution is 6.34. The molecule has 2 rings (SSSR count). The molecule has 4 nitrogen and oxygen atoms in total. The van der Waals surface area contributed by atoms with Crippen LogP contribution in [0, 0.1) is 0 Å². The lowest BCUT2D eigenvalue weighted by molar-refractivity contribution is 0.0601. The molecule has 1 aliphatic rings. The normalized spacial score (nSPS) is 19.1. The van der Waals surface area contributed by atoms with Gasteiger partial charge in [0, 0.05) is 18.3 Å². The minimum atomic E-state index is -0.404. The summed E-state index contributed by atoms with van der Waals surface area (Å²) in [6, 6.07) is 3.67. The van der Waals surface area contributed by atoms with E-state index in [-0.39, 0.29) is 0 Å². The summed E-state index contributed by atoms with van der Waals surface area (Å²) < 4.78 is 4.80. The fourth-order valence-electron chi connectivity index (χ4n) is 2.44. The molecule has 0 aromatic heterocycles. The first-order valence-electron chi connectivity index (χ1n) is 5.98. The first kappa shape index (κ1) is 13.0. The van der Waals surface area contributed by atoms with Gasteiger partial charge >= 0.3 is 5.97 Å². The summed E-state index contributed by atoms with van der Waals surface area (Å²) in [5.41, 5.74) is 7.39. The minimum Gasteiger partial charge on any atom is -0.465 e. The number of carbonyl (C=O) groups excluding carboxylic acids is 1. The number of halogens is 1. The summed E-state index contributed by atoms with van der Waals surface area (Å²) in [7, 11) is 1.36. The Labute approximate surface area is 112 Å². The number of nitrogen functional groups attached to an aromatic ring is 1. The molecule has 5 heteroatoms. The minimum absolute atomic E-state index is 0.370. The van der Waals surface area contributed by atoms with Crippen LogP contribution in [0.2, 0.25) is 5.02 Å². The van der Waals surface area contributed by atoms with E-state index in [0.717, 1.165) is 25.1 Å². The van der Waals surface area contributed by atoms with E-state index in [1.54, 1.807) is 12.1 Å². The Bertz CT molecular complexity index is 476. The highest BCUT2D eigenvalue weighted by Gasteiger charge is 2.27. The molecule has 1 saturated heterocycles. The van der Waals surface area contributed by atoms with Crippen LogP contribution in [-0.4, -0.2) is 25.7 Å². The van der Waals surface area contributed by atoms with E-state index < -0.39 is 5.97 Å². The third kappa shape index (κ3) is 2.25. The Balaban J connectivity index is 2.53. The number of nitrogens with zero attached hydrogens (tertiary/aromatic N) is 1. The van der Waals surface area contributed by atoms with E-state index in [4.69, 9.17) is 22.1 Å². The molecule has 1 heterocycles. The molecule has 0 spiro atoms. The Kier molecular flexibility index (Phi) is 3.66. The second kappa shape index (κ2) is 5.06. The molecule has 0 radical (unpaired) electrons. The van der Waals surface area contributed by atoms with Crippen LogP contribution in [-0.2, 0) is 4.74 Å². The third-order valence-corrected chi connectivity index (χ3v) is 3.62. The van der Waals surface area contributed by atoms with Crippen LogP contribution in [0.1, 0.15) is 30.1 Å². The number of carbonyl (C=O) groups is 1. The van der Waals surface area contributed by atoms with Crippen LogP contribution in [0.5, 0.6) is 0 Å². The second-order valence-corrected chi connectivity index (χ2v) is 4.98. The smallest absolute Gasteiger partial charge is 0.340 e. The second-order valence-electron chi connectivity index (χ2n) is 4.58. The molecule has 0 amide bonds. The van der Waals surface area contributed by atoms with Crippen molar-refractivity contribution in [2.45, 2.75) is 25.8 Å². The molecule has 18 heavy (non-hydrogen) atoms. The fraction of sp³-hybridized carbons (Fsp3) is 0.462. The van der Waals surface area contributed by atoms with Gasteiger partial charge in [-0.1, -0.05) is 11.6 Å². The highest BCUT2D eigenvalue weighted by Crippen LogP contribution is 2.37. The summed E-state index contributed by atoms with van der Waals surface area (Å²) in [6.07, 6.45) is 2.20. The van der Waals surface area contributed by atoms with Gasteiger partial charge in [0.05, 0.1) is 23.4 Å². The number of hydrogen-bond donors (Lipinski definition) is 1. The van der Waals surface area contributed by atoms with Gasteiger partial charge in [0.25, 0.3) is 0 Å².